The molecule has 146 valence electrons. The van der Waals surface area contributed by atoms with E-state index >= 15 is 0 Å². The number of carboxylic acid groups (broad SMARTS) is 1. The Balaban J connectivity index is 3.38. The van der Waals surface area contributed by atoms with Gasteiger partial charge in [-0.2, -0.15) is 4.31 Å². The molecule has 9 nitrogen and oxygen atoms in total. The Morgan fingerprint density at radius 2 is 1.88 bits per heavy atom. The highest BCUT2D eigenvalue weighted by molar-refractivity contribution is 7.89. The van der Waals surface area contributed by atoms with Crippen molar-refractivity contribution in [1.82, 2.24) is 4.31 Å². The fraction of sp³-hybridized carbons (Fsp3) is 0.562. The van der Waals surface area contributed by atoms with Crippen molar-refractivity contribution in [3.05, 3.63) is 28.3 Å². The maximum atomic E-state index is 12.6. The number of anilines is 1. The molecule has 0 heterocycles. The molecule has 10 heteroatoms. The molecule has 1 aromatic carbocycles. The van der Waals surface area contributed by atoms with E-state index in [0.29, 0.717) is 6.42 Å². The minimum atomic E-state index is -3.85. The average molecular weight is 387 g/mol. The summed E-state index contributed by atoms with van der Waals surface area (Å²) >= 11 is 0. The van der Waals surface area contributed by atoms with E-state index in [1.54, 1.807) is 20.8 Å². The van der Waals surface area contributed by atoms with Crippen LogP contribution >= 0.6 is 0 Å². The van der Waals surface area contributed by atoms with Gasteiger partial charge in [-0.15, -0.1) is 0 Å². The van der Waals surface area contributed by atoms with E-state index in [0.717, 1.165) is 6.07 Å². The Labute approximate surface area is 153 Å². The average Bonchev–Trinajstić information content (AvgIpc) is 2.59. The molecule has 1 rings (SSSR count). The summed E-state index contributed by atoms with van der Waals surface area (Å²) in [6.07, 6.45) is 0.562. The van der Waals surface area contributed by atoms with Crippen molar-refractivity contribution in [2.24, 2.45) is 5.92 Å². The number of carbonyl (C=O) groups is 1. The third-order valence-corrected chi connectivity index (χ3v) is 6.35. The van der Waals surface area contributed by atoms with Crippen LogP contribution in [-0.4, -0.2) is 47.9 Å². The molecule has 0 aromatic heterocycles. The normalized spacial score (nSPS) is 14.0. The molecular weight excluding hydrogens is 362 g/mol. The van der Waals surface area contributed by atoms with Gasteiger partial charge in [0.2, 0.25) is 10.0 Å². The van der Waals surface area contributed by atoms with Gasteiger partial charge in [-0.05, 0) is 18.1 Å². The number of benzene rings is 1. The van der Waals surface area contributed by atoms with Crippen LogP contribution in [0.1, 0.15) is 34.1 Å². The van der Waals surface area contributed by atoms with E-state index in [4.69, 9.17) is 0 Å². The molecule has 0 fully saturated rings. The quantitative estimate of drug-likeness (QED) is 0.466. The van der Waals surface area contributed by atoms with Gasteiger partial charge in [-0.25, -0.2) is 13.2 Å². The first-order valence-electron chi connectivity index (χ1n) is 8.37. The first-order valence-corrected chi connectivity index (χ1v) is 9.81. The van der Waals surface area contributed by atoms with Crippen molar-refractivity contribution in [2.75, 3.05) is 18.4 Å². The van der Waals surface area contributed by atoms with Gasteiger partial charge in [0.15, 0.2) is 0 Å². The van der Waals surface area contributed by atoms with Crippen LogP contribution in [0.15, 0.2) is 23.1 Å². The third kappa shape index (κ3) is 4.70. The molecular formula is C16H25N3O6S. The summed E-state index contributed by atoms with van der Waals surface area (Å²) in [5.74, 6) is -1.40. The Morgan fingerprint density at radius 1 is 1.31 bits per heavy atom. The Morgan fingerprint density at radius 3 is 2.31 bits per heavy atom. The lowest BCUT2D eigenvalue weighted by Crippen LogP contribution is -2.35. The van der Waals surface area contributed by atoms with Crippen LogP contribution in [0.5, 0.6) is 0 Å². The van der Waals surface area contributed by atoms with Crippen LogP contribution < -0.4 is 5.32 Å². The van der Waals surface area contributed by atoms with Crippen molar-refractivity contribution in [2.45, 2.75) is 45.1 Å². The second kappa shape index (κ2) is 8.95. The third-order valence-electron chi connectivity index (χ3n) is 4.30. The predicted octanol–water partition coefficient (Wildman–Crippen LogP) is 2.54. The number of nitrogens with zero attached hydrogens (tertiary/aromatic N) is 2. The summed E-state index contributed by atoms with van der Waals surface area (Å²) in [5, 5.41) is 23.4. The van der Waals surface area contributed by atoms with Gasteiger partial charge in [-0.3, -0.25) is 10.1 Å². The zero-order valence-electron chi connectivity index (χ0n) is 15.3. The van der Waals surface area contributed by atoms with Gasteiger partial charge in [0.05, 0.1) is 9.82 Å². The molecule has 0 saturated carbocycles. The van der Waals surface area contributed by atoms with Gasteiger partial charge in [0, 0.05) is 19.2 Å². The van der Waals surface area contributed by atoms with Gasteiger partial charge < -0.3 is 10.4 Å². The zero-order valence-corrected chi connectivity index (χ0v) is 16.1. The number of hydrogen-bond acceptors (Lipinski definition) is 6. The molecule has 0 amide bonds. The van der Waals surface area contributed by atoms with Crippen LogP contribution in [0.3, 0.4) is 0 Å². The number of carboxylic acids is 1. The Kier molecular flexibility index (Phi) is 7.52. The van der Waals surface area contributed by atoms with Crippen LogP contribution in [-0.2, 0) is 14.8 Å². The first kappa shape index (κ1) is 21.8. The van der Waals surface area contributed by atoms with E-state index in [2.05, 4.69) is 5.32 Å². The fourth-order valence-corrected chi connectivity index (χ4v) is 3.99. The zero-order chi connectivity index (χ0) is 20.1. The molecule has 0 aliphatic carbocycles. The van der Waals surface area contributed by atoms with Crippen molar-refractivity contribution in [1.29, 1.82) is 0 Å². The molecule has 0 bridgehead atoms. The SMILES string of the molecule is CC[C@H](C)[C@H](Nc1ccc(S(=O)(=O)N(CC)CC)cc1[N+](=O)[O-])C(=O)O. The maximum Gasteiger partial charge on any atom is 0.326 e. The molecule has 0 aliphatic rings. The summed E-state index contributed by atoms with van der Waals surface area (Å²) < 4.78 is 26.3. The molecule has 0 unspecified atom stereocenters. The highest BCUT2D eigenvalue weighted by atomic mass is 32.2. The summed E-state index contributed by atoms with van der Waals surface area (Å²) in [6, 6.07) is 2.43. The maximum absolute atomic E-state index is 12.6. The topological polar surface area (TPSA) is 130 Å². The number of nitro groups is 1. The molecule has 2 atom stereocenters. The summed E-state index contributed by atoms with van der Waals surface area (Å²) in [6.45, 7) is 7.36. The van der Waals surface area contributed by atoms with Crippen LogP contribution in [0, 0.1) is 16.0 Å². The van der Waals surface area contributed by atoms with Gasteiger partial charge >= 0.3 is 5.97 Å². The van der Waals surface area contributed by atoms with Gasteiger partial charge in [-0.1, -0.05) is 34.1 Å². The molecule has 26 heavy (non-hydrogen) atoms. The van der Waals surface area contributed by atoms with E-state index in [9.17, 15) is 28.4 Å². The van der Waals surface area contributed by atoms with Crippen molar-refractivity contribution in [3.8, 4) is 0 Å². The highest BCUT2D eigenvalue weighted by Gasteiger charge is 2.29. The van der Waals surface area contributed by atoms with Gasteiger partial charge in [0.1, 0.15) is 11.7 Å². The van der Waals surface area contributed by atoms with E-state index in [1.165, 1.54) is 16.4 Å². The smallest absolute Gasteiger partial charge is 0.326 e. The molecule has 0 radical (unpaired) electrons. The van der Waals surface area contributed by atoms with Crippen LogP contribution in [0.2, 0.25) is 0 Å². The second-order valence-corrected chi connectivity index (χ2v) is 7.81. The summed E-state index contributed by atoms with van der Waals surface area (Å²) in [5.41, 5.74) is -0.506. The van der Waals surface area contributed by atoms with E-state index in [-0.39, 0.29) is 29.6 Å². The number of aliphatic carboxylic acids is 1. The fourth-order valence-electron chi connectivity index (χ4n) is 2.51. The highest BCUT2D eigenvalue weighted by Crippen LogP contribution is 2.30. The molecule has 1 aromatic rings. The number of nitrogens with one attached hydrogen (secondary N) is 1. The largest absolute Gasteiger partial charge is 0.480 e. The number of rotatable bonds is 10. The Hall–Kier alpha value is -2.20. The number of hydrogen-bond donors (Lipinski definition) is 2. The standard InChI is InChI=1S/C16H25N3O6S/c1-5-11(4)15(16(20)21)17-13-9-8-12(10-14(13)19(22)23)26(24,25)18(6-2)7-3/h8-11,15,17H,5-7H2,1-4H3,(H,20,21)/t11-,15-/m0/s1. The predicted molar refractivity (Wildman–Crippen MR) is 97.7 cm³/mol. The van der Waals surface area contributed by atoms with Crippen molar-refractivity contribution in [3.63, 3.8) is 0 Å². The minimum absolute atomic E-state index is 0.0267. The Bertz CT molecular complexity index is 761. The van der Waals surface area contributed by atoms with Crippen LogP contribution in [0.25, 0.3) is 0 Å². The number of sulfonamides is 1. The molecule has 0 aliphatic heterocycles. The van der Waals surface area contributed by atoms with E-state index in [1.807, 2.05) is 6.92 Å². The van der Waals surface area contributed by atoms with Gasteiger partial charge in [0.25, 0.3) is 5.69 Å². The lowest BCUT2D eigenvalue weighted by atomic mass is 9.99. The first-order chi connectivity index (χ1) is 12.1. The summed E-state index contributed by atoms with van der Waals surface area (Å²) in [7, 11) is -3.85. The minimum Gasteiger partial charge on any atom is -0.480 e. The molecule has 0 spiro atoms. The van der Waals surface area contributed by atoms with Crippen molar-refractivity contribution >= 4 is 27.4 Å². The lowest BCUT2D eigenvalue weighted by Gasteiger charge is -2.22. The second-order valence-electron chi connectivity index (χ2n) is 5.87. The number of nitro benzene ring substituents is 1. The molecule has 0 saturated heterocycles. The molecule has 2 N–H and O–H groups in total. The monoisotopic (exact) mass is 387 g/mol. The summed E-state index contributed by atoms with van der Waals surface area (Å²) in [4.78, 5) is 21.9. The van der Waals surface area contributed by atoms with Crippen LogP contribution in [0.4, 0.5) is 11.4 Å². The van der Waals surface area contributed by atoms with E-state index < -0.39 is 32.6 Å². The lowest BCUT2D eigenvalue weighted by molar-refractivity contribution is -0.384. The van der Waals surface area contributed by atoms with Crippen molar-refractivity contribution < 1.29 is 23.2 Å².